The third-order valence-electron chi connectivity index (χ3n) is 3.70. The maximum Gasteiger partial charge on any atom is 0.255 e. The molecule has 28 heavy (non-hydrogen) atoms. The average Bonchev–Trinajstić information content (AvgIpc) is 2.67. The standard InChI is InChI=1S/C21H26N2O4S/c1-17(2)27-15-6-14-22-21(24)19-9-11-20(12-10-19)23-28(25,26)16-13-18-7-4-3-5-8-18/h3-5,7-13,16-17,23H,6,14-15H2,1-2H3,(H,22,24)/b16-13+. The van der Waals surface area contributed by atoms with Gasteiger partial charge in [-0.1, -0.05) is 30.3 Å². The van der Waals surface area contributed by atoms with Gasteiger partial charge in [-0.2, -0.15) is 0 Å². The highest BCUT2D eigenvalue weighted by atomic mass is 32.2. The highest BCUT2D eigenvalue weighted by Crippen LogP contribution is 2.13. The molecule has 0 spiro atoms. The Morgan fingerprint density at radius 3 is 2.39 bits per heavy atom. The van der Waals surface area contributed by atoms with Gasteiger partial charge in [0.1, 0.15) is 0 Å². The normalized spacial score (nSPS) is 11.7. The molecule has 0 aromatic heterocycles. The molecule has 0 aliphatic heterocycles. The minimum absolute atomic E-state index is 0.176. The second kappa shape index (κ2) is 10.6. The van der Waals surface area contributed by atoms with E-state index in [1.54, 1.807) is 24.3 Å². The molecule has 0 aliphatic carbocycles. The summed E-state index contributed by atoms with van der Waals surface area (Å²) in [6, 6.07) is 15.4. The summed E-state index contributed by atoms with van der Waals surface area (Å²) in [5.41, 5.74) is 1.64. The molecule has 0 aliphatic rings. The number of benzene rings is 2. The van der Waals surface area contributed by atoms with Gasteiger partial charge >= 0.3 is 0 Å². The second-order valence-corrected chi connectivity index (χ2v) is 8.03. The molecule has 0 heterocycles. The fraction of sp³-hybridized carbons (Fsp3) is 0.286. The van der Waals surface area contributed by atoms with Gasteiger partial charge in [-0.3, -0.25) is 9.52 Å². The number of hydrogen-bond acceptors (Lipinski definition) is 4. The number of ether oxygens (including phenoxy) is 1. The number of amides is 1. The lowest BCUT2D eigenvalue weighted by Crippen LogP contribution is -2.25. The zero-order valence-electron chi connectivity index (χ0n) is 16.1. The largest absolute Gasteiger partial charge is 0.379 e. The minimum Gasteiger partial charge on any atom is -0.379 e. The average molecular weight is 403 g/mol. The van der Waals surface area contributed by atoms with Crippen molar-refractivity contribution in [2.24, 2.45) is 0 Å². The van der Waals surface area contributed by atoms with Crippen LogP contribution >= 0.6 is 0 Å². The van der Waals surface area contributed by atoms with Crippen molar-refractivity contribution in [3.63, 3.8) is 0 Å². The van der Waals surface area contributed by atoms with Gasteiger partial charge < -0.3 is 10.1 Å². The van der Waals surface area contributed by atoms with Crippen LogP contribution in [0.4, 0.5) is 5.69 Å². The minimum atomic E-state index is -3.64. The molecule has 2 rings (SSSR count). The van der Waals surface area contributed by atoms with E-state index in [1.165, 1.54) is 6.08 Å². The van der Waals surface area contributed by atoms with Gasteiger partial charge in [-0.15, -0.1) is 0 Å². The smallest absolute Gasteiger partial charge is 0.255 e. The molecule has 1 amide bonds. The fourth-order valence-electron chi connectivity index (χ4n) is 2.32. The first kappa shape index (κ1) is 21.7. The Bertz CT molecular complexity index is 876. The summed E-state index contributed by atoms with van der Waals surface area (Å²) in [6.07, 6.45) is 2.43. The molecule has 0 fully saturated rings. The lowest BCUT2D eigenvalue weighted by Gasteiger charge is -2.09. The quantitative estimate of drug-likeness (QED) is 0.594. The highest BCUT2D eigenvalue weighted by molar-refractivity contribution is 7.95. The molecule has 0 atom stereocenters. The van der Waals surface area contributed by atoms with E-state index < -0.39 is 10.0 Å². The van der Waals surface area contributed by atoms with Crippen molar-refractivity contribution in [3.8, 4) is 0 Å². The van der Waals surface area contributed by atoms with E-state index in [4.69, 9.17) is 4.74 Å². The van der Waals surface area contributed by atoms with E-state index in [-0.39, 0.29) is 12.0 Å². The third-order valence-corrected chi connectivity index (χ3v) is 4.72. The van der Waals surface area contributed by atoms with E-state index >= 15 is 0 Å². The summed E-state index contributed by atoms with van der Waals surface area (Å²) in [6.45, 7) is 5.04. The highest BCUT2D eigenvalue weighted by Gasteiger charge is 2.08. The summed E-state index contributed by atoms with van der Waals surface area (Å²) < 4.78 is 32.2. The van der Waals surface area contributed by atoms with Crippen LogP contribution in [0.3, 0.4) is 0 Å². The first-order chi connectivity index (χ1) is 13.4. The molecule has 2 aromatic rings. The van der Waals surface area contributed by atoms with Gasteiger partial charge in [0, 0.05) is 24.4 Å². The van der Waals surface area contributed by atoms with Crippen LogP contribution in [0.2, 0.25) is 0 Å². The topological polar surface area (TPSA) is 84.5 Å². The summed E-state index contributed by atoms with van der Waals surface area (Å²) in [4.78, 5) is 12.1. The van der Waals surface area contributed by atoms with E-state index in [0.29, 0.717) is 24.4 Å². The molecule has 150 valence electrons. The molecule has 0 bridgehead atoms. The van der Waals surface area contributed by atoms with Gasteiger partial charge in [0.15, 0.2) is 0 Å². The van der Waals surface area contributed by atoms with Crippen LogP contribution in [0.15, 0.2) is 60.0 Å². The number of anilines is 1. The molecular formula is C21H26N2O4S. The van der Waals surface area contributed by atoms with Crippen LogP contribution < -0.4 is 10.0 Å². The van der Waals surface area contributed by atoms with Gasteiger partial charge in [0.2, 0.25) is 0 Å². The van der Waals surface area contributed by atoms with Crippen molar-refractivity contribution in [2.75, 3.05) is 17.9 Å². The van der Waals surface area contributed by atoms with Crippen molar-refractivity contribution < 1.29 is 17.9 Å². The summed E-state index contributed by atoms with van der Waals surface area (Å²) >= 11 is 0. The van der Waals surface area contributed by atoms with Gasteiger partial charge in [0.05, 0.1) is 11.5 Å². The first-order valence-corrected chi connectivity index (χ1v) is 10.7. The molecule has 7 heteroatoms. The Kier molecular flexibility index (Phi) is 8.22. The molecule has 6 nitrogen and oxygen atoms in total. The van der Waals surface area contributed by atoms with E-state index in [9.17, 15) is 13.2 Å². The van der Waals surface area contributed by atoms with Crippen LogP contribution in [0.1, 0.15) is 36.2 Å². The molecular weight excluding hydrogens is 376 g/mol. The molecule has 2 aromatic carbocycles. The zero-order valence-corrected chi connectivity index (χ0v) is 16.9. The summed E-state index contributed by atoms with van der Waals surface area (Å²) in [7, 11) is -3.64. The molecule has 0 unspecified atom stereocenters. The SMILES string of the molecule is CC(C)OCCCNC(=O)c1ccc(NS(=O)(=O)/C=C/c2ccccc2)cc1. The number of rotatable bonds is 10. The maximum absolute atomic E-state index is 12.2. The lowest BCUT2D eigenvalue weighted by molar-refractivity contribution is 0.0757. The number of carbonyl (C=O) groups is 1. The Hall–Kier alpha value is -2.64. The van der Waals surface area contributed by atoms with E-state index in [0.717, 1.165) is 17.4 Å². The van der Waals surface area contributed by atoms with Gasteiger partial charge in [-0.05, 0) is 56.2 Å². The van der Waals surface area contributed by atoms with Crippen molar-refractivity contribution >= 4 is 27.7 Å². The number of nitrogens with one attached hydrogen (secondary N) is 2. The third kappa shape index (κ3) is 7.94. The summed E-state index contributed by atoms with van der Waals surface area (Å²) in [5, 5.41) is 3.92. The predicted octanol–water partition coefficient (Wildman–Crippen LogP) is 3.64. The van der Waals surface area contributed by atoms with Crippen LogP contribution in [0, 0.1) is 0 Å². The molecule has 0 radical (unpaired) electrons. The first-order valence-electron chi connectivity index (χ1n) is 9.11. The monoisotopic (exact) mass is 402 g/mol. The maximum atomic E-state index is 12.2. The molecule has 2 N–H and O–H groups in total. The molecule has 0 saturated heterocycles. The fourth-order valence-corrected chi connectivity index (χ4v) is 3.18. The van der Waals surface area contributed by atoms with E-state index in [2.05, 4.69) is 10.0 Å². The lowest BCUT2D eigenvalue weighted by atomic mass is 10.2. The van der Waals surface area contributed by atoms with Crippen LogP contribution in [-0.2, 0) is 14.8 Å². The van der Waals surface area contributed by atoms with Crippen molar-refractivity contribution in [3.05, 3.63) is 71.1 Å². The number of hydrogen-bond donors (Lipinski definition) is 2. The second-order valence-electron chi connectivity index (χ2n) is 6.47. The summed E-state index contributed by atoms with van der Waals surface area (Å²) in [5.74, 6) is -0.206. The van der Waals surface area contributed by atoms with Gasteiger partial charge in [0.25, 0.3) is 15.9 Å². The van der Waals surface area contributed by atoms with Crippen LogP contribution in [0.5, 0.6) is 0 Å². The predicted molar refractivity (Wildman–Crippen MR) is 112 cm³/mol. The number of carbonyl (C=O) groups excluding carboxylic acids is 1. The van der Waals surface area contributed by atoms with E-state index in [1.807, 2.05) is 44.2 Å². The van der Waals surface area contributed by atoms with Crippen LogP contribution in [-0.4, -0.2) is 33.6 Å². The van der Waals surface area contributed by atoms with Crippen molar-refractivity contribution in [1.29, 1.82) is 0 Å². The van der Waals surface area contributed by atoms with Crippen LogP contribution in [0.25, 0.3) is 6.08 Å². The molecule has 0 saturated carbocycles. The Labute approximate surface area is 166 Å². The number of sulfonamides is 1. The van der Waals surface area contributed by atoms with Crippen molar-refractivity contribution in [2.45, 2.75) is 26.4 Å². The van der Waals surface area contributed by atoms with Crippen molar-refractivity contribution in [1.82, 2.24) is 5.32 Å². The van der Waals surface area contributed by atoms with Gasteiger partial charge in [-0.25, -0.2) is 8.42 Å². The Balaban J connectivity index is 1.86. The zero-order chi connectivity index (χ0) is 20.4. The Morgan fingerprint density at radius 1 is 1.07 bits per heavy atom. The Morgan fingerprint density at radius 2 is 1.75 bits per heavy atom.